The summed E-state index contributed by atoms with van der Waals surface area (Å²) in [6.45, 7) is 2.26. The lowest BCUT2D eigenvalue weighted by molar-refractivity contribution is -0.160. The lowest BCUT2D eigenvalue weighted by Crippen LogP contribution is -2.34. The molecule has 0 aromatic rings. The van der Waals surface area contributed by atoms with Crippen molar-refractivity contribution >= 4 is 23.7 Å². The molecule has 0 aliphatic carbocycles. The molecule has 0 aromatic carbocycles. The topological polar surface area (TPSA) is 69.4 Å². The van der Waals surface area contributed by atoms with Gasteiger partial charge in [-0.05, 0) is 24.9 Å². The first-order valence-corrected chi connectivity index (χ1v) is 12.0. The van der Waals surface area contributed by atoms with E-state index in [0.29, 0.717) is 12.8 Å². The van der Waals surface area contributed by atoms with Crippen molar-refractivity contribution in [1.82, 2.24) is 0 Å². The summed E-state index contributed by atoms with van der Waals surface area (Å²) in [5, 5.41) is 0. The molecule has 1 atom stereocenters. The molecule has 0 fully saturated rings. The summed E-state index contributed by atoms with van der Waals surface area (Å²) in [6.07, 6.45) is 19.3. The van der Waals surface area contributed by atoms with Crippen molar-refractivity contribution < 1.29 is 14.3 Å². The Kier molecular flexibility index (Phi) is 18.8. The number of hydrogen-bond donors (Lipinski definition) is 1. The Bertz CT molecular complexity index is 350. The molecule has 0 rings (SSSR count). The van der Waals surface area contributed by atoms with Crippen LogP contribution in [0.5, 0.6) is 0 Å². The van der Waals surface area contributed by atoms with E-state index in [1.54, 1.807) is 11.8 Å². The van der Waals surface area contributed by atoms with E-state index in [4.69, 9.17) is 10.5 Å². The van der Waals surface area contributed by atoms with Gasteiger partial charge in [-0.15, -0.1) is 0 Å². The average molecular weight is 388 g/mol. The quantitative estimate of drug-likeness (QED) is 0.188. The number of ether oxygens (including phenoxy) is 1. The van der Waals surface area contributed by atoms with Gasteiger partial charge < -0.3 is 10.5 Å². The molecule has 5 heteroatoms. The Morgan fingerprint density at radius 3 is 1.77 bits per heavy atom. The fourth-order valence-corrected chi connectivity index (χ4v) is 3.38. The van der Waals surface area contributed by atoms with Crippen molar-refractivity contribution in [3.63, 3.8) is 0 Å². The molecule has 0 bridgehead atoms. The summed E-state index contributed by atoms with van der Waals surface area (Å²) in [5.41, 5.74) is 5.69. The van der Waals surface area contributed by atoms with Crippen LogP contribution in [0.15, 0.2) is 0 Å². The van der Waals surface area contributed by atoms with E-state index in [2.05, 4.69) is 6.92 Å². The van der Waals surface area contributed by atoms with Crippen molar-refractivity contribution in [2.45, 2.75) is 109 Å². The number of hydrogen-bond acceptors (Lipinski definition) is 5. The molecular weight excluding hydrogens is 346 g/mol. The maximum Gasteiger partial charge on any atom is 0.330 e. The van der Waals surface area contributed by atoms with Crippen LogP contribution in [-0.4, -0.2) is 30.0 Å². The molecule has 0 amide bonds. The molecule has 0 aliphatic rings. The molecule has 0 heterocycles. The van der Waals surface area contributed by atoms with Gasteiger partial charge in [0.05, 0.1) is 0 Å². The van der Waals surface area contributed by atoms with Gasteiger partial charge in [0, 0.05) is 6.42 Å². The van der Waals surface area contributed by atoms with Gasteiger partial charge in [-0.25, -0.2) is 4.79 Å². The second-order valence-electron chi connectivity index (χ2n) is 7.17. The minimum atomic E-state index is -0.682. The highest BCUT2D eigenvalue weighted by Gasteiger charge is 2.17. The van der Waals surface area contributed by atoms with Crippen LogP contribution in [-0.2, 0) is 14.3 Å². The molecule has 0 radical (unpaired) electrons. The first-order valence-electron chi connectivity index (χ1n) is 10.6. The molecule has 2 N–H and O–H groups in total. The fourth-order valence-electron chi connectivity index (χ4n) is 2.89. The van der Waals surface area contributed by atoms with Gasteiger partial charge in [-0.2, -0.15) is 11.8 Å². The second kappa shape index (κ2) is 19.2. The van der Waals surface area contributed by atoms with Crippen LogP contribution in [0.3, 0.4) is 0 Å². The smallest absolute Gasteiger partial charge is 0.330 e. The molecule has 0 aromatic heterocycles. The van der Waals surface area contributed by atoms with Gasteiger partial charge in [-0.1, -0.05) is 84.0 Å². The van der Waals surface area contributed by atoms with Crippen molar-refractivity contribution in [3.05, 3.63) is 0 Å². The number of carbonyl (C=O) groups excluding carboxylic acids is 2. The highest BCUT2D eigenvalue weighted by Crippen LogP contribution is 2.13. The standard InChI is InChI=1S/C21H41NO3S/c1-3-4-5-6-7-8-9-10-11-12-13-14-15-16-20(23)25-21(24)19(22)17-18-26-2/h19H,3-18,22H2,1-2H3/t19-/m0/s1. The summed E-state index contributed by atoms with van der Waals surface area (Å²) in [7, 11) is 0. The lowest BCUT2D eigenvalue weighted by Gasteiger charge is -2.09. The summed E-state index contributed by atoms with van der Waals surface area (Å²) >= 11 is 1.62. The molecular formula is C21H41NO3S. The first-order chi connectivity index (χ1) is 12.6. The highest BCUT2D eigenvalue weighted by atomic mass is 32.2. The molecule has 154 valence electrons. The van der Waals surface area contributed by atoms with Crippen molar-refractivity contribution in [1.29, 1.82) is 0 Å². The third-order valence-electron chi connectivity index (χ3n) is 4.63. The van der Waals surface area contributed by atoms with Crippen LogP contribution < -0.4 is 5.73 Å². The highest BCUT2D eigenvalue weighted by molar-refractivity contribution is 7.98. The zero-order valence-corrected chi connectivity index (χ0v) is 17.9. The normalized spacial score (nSPS) is 12.1. The Balaban J connectivity index is 3.36. The summed E-state index contributed by atoms with van der Waals surface area (Å²) in [6, 6.07) is -0.682. The van der Waals surface area contributed by atoms with Crippen LogP contribution in [0.1, 0.15) is 103 Å². The predicted molar refractivity (Wildman–Crippen MR) is 112 cm³/mol. The SMILES string of the molecule is CCCCCCCCCCCCCCCC(=O)OC(=O)[C@@H](N)CCSC. The van der Waals surface area contributed by atoms with Crippen LogP contribution in [0.25, 0.3) is 0 Å². The van der Waals surface area contributed by atoms with E-state index >= 15 is 0 Å². The van der Waals surface area contributed by atoms with Crippen molar-refractivity contribution in [3.8, 4) is 0 Å². The van der Waals surface area contributed by atoms with E-state index in [1.807, 2.05) is 6.26 Å². The van der Waals surface area contributed by atoms with E-state index in [-0.39, 0.29) is 0 Å². The van der Waals surface area contributed by atoms with E-state index < -0.39 is 18.0 Å². The van der Waals surface area contributed by atoms with Gasteiger partial charge in [-0.3, -0.25) is 4.79 Å². The van der Waals surface area contributed by atoms with Gasteiger partial charge in [0.25, 0.3) is 0 Å². The van der Waals surface area contributed by atoms with Gasteiger partial charge in [0.15, 0.2) is 0 Å². The average Bonchev–Trinajstić information content (AvgIpc) is 2.63. The number of nitrogens with two attached hydrogens (primary N) is 1. The number of carbonyl (C=O) groups is 2. The summed E-state index contributed by atoms with van der Waals surface area (Å²) < 4.78 is 4.80. The van der Waals surface area contributed by atoms with E-state index in [1.165, 1.54) is 64.2 Å². The molecule has 0 aliphatic heterocycles. The summed E-state index contributed by atoms with van der Waals surface area (Å²) in [5.74, 6) is -0.222. The first kappa shape index (κ1) is 25.4. The molecule has 4 nitrogen and oxygen atoms in total. The number of esters is 2. The molecule has 0 saturated heterocycles. The lowest BCUT2D eigenvalue weighted by atomic mass is 10.0. The molecule has 0 spiro atoms. The Hall–Kier alpha value is -0.550. The molecule has 0 unspecified atom stereocenters. The summed E-state index contributed by atoms with van der Waals surface area (Å²) in [4.78, 5) is 23.2. The maximum atomic E-state index is 11.6. The van der Waals surface area contributed by atoms with Gasteiger partial charge in [0.1, 0.15) is 6.04 Å². The maximum absolute atomic E-state index is 11.6. The number of rotatable bonds is 18. The monoisotopic (exact) mass is 387 g/mol. The van der Waals surface area contributed by atoms with Crippen molar-refractivity contribution in [2.24, 2.45) is 5.73 Å². The minimum absolute atomic E-state index is 0.318. The van der Waals surface area contributed by atoms with Gasteiger partial charge >= 0.3 is 11.9 Å². The van der Waals surface area contributed by atoms with Crippen LogP contribution in [0.2, 0.25) is 0 Å². The fraction of sp³-hybridized carbons (Fsp3) is 0.905. The second-order valence-corrected chi connectivity index (χ2v) is 8.16. The largest absolute Gasteiger partial charge is 0.392 e. The number of unbranched alkanes of at least 4 members (excludes halogenated alkanes) is 12. The van der Waals surface area contributed by atoms with Gasteiger partial charge in [0.2, 0.25) is 0 Å². The number of thioether (sulfide) groups is 1. The van der Waals surface area contributed by atoms with Crippen LogP contribution in [0.4, 0.5) is 0 Å². The molecule has 26 heavy (non-hydrogen) atoms. The van der Waals surface area contributed by atoms with Crippen molar-refractivity contribution in [2.75, 3.05) is 12.0 Å². The molecule has 0 saturated carbocycles. The Morgan fingerprint density at radius 1 is 0.846 bits per heavy atom. The third kappa shape index (κ3) is 16.9. The van der Waals surface area contributed by atoms with Crippen LogP contribution >= 0.6 is 11.8 Å². The zero-order chi connectivity index (χ0) is 19.5. The minimum Gasteiger partial charge on any atom is -0.392 e. The Morgan fingerprint density at radius 2 is 1.31 bits per heavy atom. The third-order valence-corrected chi connectivity index (χ3v) is 5.28. The predicted octanol–water partition coefficient (Wildman–Crippen LogP) is 5.62. The Labute approximate surface area is 165 Å². The van der Waals surface area contributed by atoms with E-state index in [9.17, 15) is 9.59 Å². The zero-order valence-electron chi connectivity index (χ0n) is 17.1. The van der Waals surface area contributed by atoms with E-state index in [0.717, 1.165) is 25.0 Å². The van der Waals surface area contributed by atoms with Crippen LogP contribution in [0, 0.1) is 0 Å².